The topological polar surface area (TPSA) is 20.2 Å². The molecule has 1 aliphatic carbocycles. The van der Waals surface area contributed by atoms with Crippen LogP contribution in [0.25, 0.3) is 0 Å². The standard InChI is InChI=1S/C16H24O/c1-11-9-13(3)15(10-12(11)2)14-7-5-4-6-8-16(14)17/h9-10,14,16-17H,4-8H2,1-3H3. The second kappa shape index (κ2) is 5.22. The highest BCUT2D eigenvalue weighted by Crippen LogP contribution is 2.34. The average Bonchev–Trinajstić information content (AvgIpc) is 2.49. The molecule has 1 aromatic carbocycles. The zero-order valence-electron chi connectivity index (χ0n) is 11.3. The number of rotatable bonds is 1. The maximum Gasteiger partial charge on any atom is 0.0608 e. The van der Waals surface area contributed by atoms with Crippen LogP contribution in [0.1, 0.15) is 60.3 Å². The molecule has 1 N–H and O–H groups in total. The average molecular weight is 232 g/mol. The first kappa shape index (κ1) is 12.6. The largest absolute Gasteiger partial charge is 0.392 e. The molecule has 0 bridgehead atoms. The lowest BCUT2D eigenvalue weighted by Crippen LogP contribution is -2.18. The molecule has 0 spiro atoms. The van der Waals surface area contributed by atoms with E-state index in [4.69, 9.17) is 0 Å². The molecule has 2 rings (SSSR count). The lowest BCUT2D eigenvalue weighted by atomic mass is 9.85. The van der Waals surface area contributed by atoms with Crippen molar-refractivity contribution in [1.82, 2.24) is 0 Å². The van der Waals surface area contributed by atoms with E-state index in [9.17, 15) is 5.11 Å². The summed E-state index contributed by atoms with van der Waals surface area (Å²) in [4.78, 5) is 0. The van der Waals surface area contributed by atoms with E-state index >= 15 is 0 Å². The summed E-state index contributed by atoms with van der Waals surface area (Å²) in [5, 5.41) is 10.3. The van der Waals surface area contributed by atoms with Gasteiger partial charge in [0.1, 0.15) is 0 Å². The fourth-order valence-electron chi connectivity index (χ4n) is 3.03. The molecule has 1 fully saturated rings. The molecular weight excluding hydrogens is 208 g/mol. The summed E-state index contributed by atoms with van der Waals surface area (Å²) in [6, 6.07) is 4.56. The van der Waals surface area contributed by atoms with Crippen molar-refractivity contribution in [2.24, 2.45) is 0 Å². The van der Waals surface area contributed by atoms with Crippen molar-refractivity contribution >= 4 is 0 Å². The summed E-state index contributed by atoms with van der Waals surface area (Å²) >= 11 is 0. The van der Waals surface area contributed by atoms with Crippen LogP contribution in [0.2, 0.25) is 0 Å². The molecule has 1 aliphatic rings. The maximum atomic E-state index is 10.3. The molecule has 0 aliphatic heterocycles. The highest BCUT2D eigenvalue weighted by Gasteiger charge is 2.24. The number of aliphatic hydroxyl groups excluding tert-OH is 1. The van der Waals surface area contributed by atoms with Gasteiger partial charge < -0.3 is 5.11 Å². The highest BCUT2D eigenvalue weighted by molar-refractivity contribution is 5.39. The quantitative estimate of drug-likeness (QED) is 0.725. The molecule has 1 aromatic rings. The molecule has 1 saturated carbocycles. The molecular formula is C16H24O. The third kappa shape index (κ3) is 2.71. The van der Waals surface area contributed by atoms with Crippen LogP contribution in [0.15, 0.2) is 12.1 Å². The van der Waals surface area contributed by atoms with E-state index in [1.807, 2.05) is 0 Å². The minimum absolute atomic E-state index is 0.140. The molecule has 0 heterocycles. The lowest BCUT2D eigenvalue weighted by Gasteiger charge is -2.23. The van der Waals surface area contributed by atoms with Gasteiger partial charge in [0.25, 0.3) is 0 Å². The van der Waals surface area contributed by atoms with Gasteiger partial charge in [0, 0.05) is 5.92 Å². The first-order chi connectivity index (χ1) is 8.09. The van der Waals surface area contributed by atoms with E-state index in [0.29, 0.717) is 5.92 Å². The third-order valence-corrected chi connectivity index (χ3v) is 4.26. The SMILES string of the molecule is Cc1cc(C)c(C2CCCCCC2O)cc1C. The van der Waals surface area contributed by atoms with Gasteiger partial charge in [-0.1, -0.05) is 31.4 Å². The minimum Gasteiger partial charge on any atom is -0.392 e. The van der Waals surface area contributed by atoms with Crippen molar-refractivity contribution in [1.29, 1.82) is 0 Å². The molecule has 1 nitrogen and oxygen atoms in total. The van der Waals surface area contributed by atoms with Gasteiger partial charge >= 0.3 is 0 Å². The first-order valence-electron chi connectivity index (χ1n) is 6.85. The zero-order chi connectivity index (χ0) is 12.4. The highest BCUT2D eigenvalue weighted by atomic mass is 16.3. The van der Waals surface area contributed by atoms with Gasteiger partial charge in [-0.2, -0.15) is 0 Å². The number of hydrogen-bond donors (Lipinski definition) is 1. The lowest BCUT2D eigenvalue weighted by molar-refractivity contribution is 0.135. The van der Waals surface area contributed by atoms with Crippen molar-refractivity contribution in [2.45, 2.75) is 64.9 Å². The number of aryl methyl sites for hydroxylation is 3. The van der Waals surface area contributed by atoms with Crippen LogP contribution in [-0.2, 0) is 0 Å². The smallest absolute Gasteiger partial charge is 0.0608 e. The Labute approximate surface area is 105 Å². The number of hydrogen-bond acceptors (Lipinski definition) is 1. The number of aliphatic hydroxyl groups is 1. The van der Waals surface area contributed by atoms with Gasteiger partial charge in [0.2, 0.25) is 0 Å². The van der Waals surface area contributed by atoms with E-state index in [1.165, 1.54) is 41.5 Å². The third-order valence-electron chi connectivity index (χ3n) is 4.26. The van der Waals surface area contributed by atoms with Gasteiger partial charge in [-0.3, -0.25) is 0 Å². The predicted octanol–water partition coefficient (Wildman–Crippen LogP) is 4.02. The van der Waals surface area contributed by atoms with Crippen LogP contribution in [0, 0.1) is 20.8 Å². The van der Waals surface area contributed by atoms with Gasteiger partial charge in [-0.15, -0.1) is 0 Å². The van der Waals surface area contributed by atoms with Gasteiger partial charge in [0.15, 0.2) is 0 Å². The zero-order valence-corrected chi connectivity index (χ0v) is 11.3. The Morgan fingerprint density at radius 1 is 0.882 bits per heavy atom. The Morgan fingerprint density at radius 2 is 1.53 bits per heavy atom. The summed E-state index contributed by atoms with van der Waals surface area (Å²) in [7, 11) is 0. The van der Waals surface area contributed by atoms with E-state index in [-0.39, 0.29) is 6.10 Å². The Balaban J connectivity index is 2.34. The van der Waals surface area contributed by atoms with E-state index in [0.717, 1.165) is 12.8 Å². The van der Waals surface area contributed by atoms with Crippen molar-refractivity contribution in [2.75, 3.05) is 0 Å². The van der Waals surface area contributed by atoms with Gasteiger partial charge in [-0.25, -0.2) is 0 Å². The fraction of sp³-hybridized carbons (Fsp3) is 0.625. The molecule has 0 radical (unpaired) electrons. The Morgan fingerprint density at radius 3 is 2.29 bits per heavy atom. The first-order valence-corrected chi connectivity index (χ1v) is 6.85. The summed E-state index contributed by atoms with van der Waals surface area (Å²) in [6.45, 7) is 6.51. The maximum absolute atomic E-state index is 10.3. The molecule has 0 saturated heterocycles. The van der Waals surface area contributed by atoms with E-state index in [2.05, 4.69) is 32.9 Å². The summed E-state index contributed by atoms with van der Waals surface area (Å²) in [6.07, 6.45) is 5.69. The van der Waals surface area contributed by atoms with Crippen molar-refractivity contribution < 1.29 is 5.11 Å². The van der Waals surface area contributed by atoms with Gasteiger partial charge in [-0.05, 0) is 55.9 Å². The van der Waals surface area contributed by atoms with Crippen molar-refractivity contribution in [3.8, 4) is 0 Å². The summed E-state index contributed by atoms with van der Waals surface area (Å²) in [5.41, 5.74) is 5.43. The minimum atomic E-state index is -0.140. The Bertz CT molecular complexity index is 395. The van der Waals surface area contributed by atoms with E-state index < -0.39 is 0 Å². The fourth-order valence-corrected chi connectivity index (χ4v) is 3.03. The predicted molar refractivity (Wildman–Crippen MR) is 72.5 cm³/mol. The molecule has 94 valence electrons. The molecule has 2 unspecified atom stereocenters. The molecule has 0 aromatic heterocycles. The monoisotopic (exact) mass is 232 g/mol. The normalized spacial score (nSPS) is 25.6. The van der Waals surface area contributed by atoms with Crippen LogP contribution in [0.4, 0.5) is 0 Å². The second-order valence-electron chi connectivity index (χ2n) is 5.60. The summed E-state index contributed by atoms with van der Waals surface area (Å²) in [5.74, 6) is 0.358. The summed E-state index contributed by atoms with van der Waals surface area (Å²) < 4.78 is 0. The van der Waals surface area contributed by atoms with Crippen LogP contribution < -0.4 is 0 Å². The van der Waals surface area contributed by atoms with Gasteiger partial charge in [0.05, 0.1) is 6.10 Å². The molecule has 0 amide bonds. The molecule has 17 heavy (non-hydrogen) atoms. The van der Waals surface area contributed by atoms with Crippen LogP contribution in [0.3, 0.4) is 0 Å². The Kier molecular flexibility index (Phi) is 3.88. The molecule has 2 atom stereocenters. The van der Waals surface area contributed by atoms with Crippen LogP contribution in [0.5, 0.6) is 0 Å². The van der Waals surface area contributed by atoms with Crippen molar-refractivity contribution in [3.63, 3.8) is 0 Å². The van der Waals surface area contributed by atoms with Crippen molar-refractivity contribution in [3.05, 3.63) is 34.4 Å². The van der Waals surface area contributed by atoms with Crippen LogP contribution in [-0.4, -0.2) is 11.2 Å². The molecule has 1 heteroatoms. The second-order valence-corrected chi connectivity index (χ2v) is 5.60. The van der Waals surface area contributed by atoms with Crippen LogP contribution >= 0.6 is 0 Å². The number of benzene rings is 1. The Hall–Kier alpha value is -0.820. The van der Waals surface area contributed by atoms with E-state index in [1.54, 1.807) is 0 Å².